The third-order valence-electron chi connectivity index (χ3n) is 3.81. The van der Waals surface area contributed by atoms with Crippen LogP contribution in [-0.2, 0) is 14.3 Å². The average Bonchev–Trinajstić information content (AvgIpc) is 2.65. The number of hydrogen-bond acceptors (Lipinski definition) is 5. The summed E-state index contributed by atoms with van der Waals surface area (Å²) in [6, 6.07) is 5.49. The van der Waals surface area contributed by atoms with Crippen LogP contribution in [0.25, 0.3) is 6.08 Å². The summed E-state index contributed by atoms with van der Waals surface area (Å²) >= 11 is 0. The third-order valence-corrected chi connectivity index (χ3v) is 3.81. The molecule has 0 spiro atoms. The van der Waals surface area contributed by atoms with Gasteiger partial charge in [0.25, 0.3) is 0 Å². The number of carbonyl (C=O) groups excluding carboxylic acids is 2. The number of rotatable bonds is 10. The van der Waals surface area contributed by atoms with Crippen LogP contribution in [0, 0.1) is 5.92 Å². The number of ether oxygens (including phenoxy) is 3. The lowest BCUT2D eigenvalue weighted by atomic mass is 10.1. The molecule has 0 radical (unpaired) electrons. The summed E-state index contributed by atoms with van der Waals surface area (Å²) in [5.41, 5.74) is 0.830. The van der Waals surface area contributed by atoms with E-state index >= 15 is 0 Å². The summed E-state index contributed by atoms with van der Waals surface area (Å²) in [5, 5.41) is 0. The molecule has 0 fully saturated rings. The lowest BCUT2D eigenvalue weighted by molar-refractivity contribution is -0.146. The molecule has 0 heterocycles. The van der Waals surface area contributed by atoms with Crippen molar-refractivity contribution in [3.63, 3.8) is 0 Å². The van der Waals surface area contributed by atoms with E-state index < -0.39 is 0 Å². The van der Waals surface area contributed by atoms with Crippen molar-refractivity contribution >= 4 is 18.0 Å². The second kappa shape index (κ2) is 11.2. The standard InChI is InChI=1S/C20H29NO5/c1-6-12-21(14-15(3)20(23)25-5)19(22)11-9-16-8-10-17(26-7-2)18(13-16)24-4/h8-11,13,15H,6-7,12,14H2,1-5H3/b11-9+. The van der Waals surface area contributed by atoms with E-state index in [1.165, 1.54) is 13.2 Å². The molecule has 1 atom stereocenters. The Hall–Kier alpha value is -2.50. The molecule has 144 valence electrons. The highest BCUT2D eigenvalue weighted by Gasteiger charge is 2.19. The number of nitrogens with zero attached hydrogens (tertiary/aromatic N) is 1. The van der Waals surface area contributed by atoms with Crippen molar-refractivity contribution in [1.82, 2.24) is 4.90 Å². The number of hydrogen-bond donors (Lipinski definition) is 0. The summed E-state index contributed by atoms with van der Waals surface area (Å²) in [6.45, 7) is 7.11. The molecule has 1 aromatic rings. The Labute approximate surface area is 155 Å². The fourth-order valence-corrected chi connectivity index (χ4v) is 2.50. The van der Waals surface area contributed by atoms with Gasteiger partial charge in [-0.05, 0) is 37.1 Å². The number of esters is 1. The van der Waals surface area contributed by atoms with Crippen LogP contribution in [0.3, 0.4) is 0 Å². The first-order valence-corrected chi connectivity index (χ1v) is 8.82. The van der Waals surface area contributed by atoms with Crippen LogP contribution < -0.4 is 9.47 Å². The highest BCUT2D eigenvalue weighted by molar-refractivity contribution is 5.92. The van der Waals surface area contributed by atoms with Crippen molar-refractivity contribution < 1.29 is 23.8 Å². The van der Waals surface area contributed by atoms with E-state index in [0.29, 0.717) is 31.2 Å². The molecule has 6 nitrogen and oxygen atoms in total. The van der Waals surface area contributed by atoms with Gasteiger partial charge < -0.3 is 19.1 Å². The molecule has 0 saturated carbocycles. The van der Waals surface area contributed by atoms with Crippen molar-refractivity contribution in [2.24, 2.45) is 5.92 Å². The highest BCUT2D eigenvalue weighted by Crippen LogP contribution is 2.28. The van der Waals surface area contributed by atoms with Crippen molar-refractivity contribution in [3.8, 4) is 11.5 Å². The first-order chi connectivity index (χ1) is 12.5. The fraction of sp³-hybridized carbons (Fsp3) is 0.500. The summed E-state index contributed by atoms with van der Waals surface area (Å²) in [6.07, 6.45) is 4.05. The Balaban J connectivity index is 2.86. The minimum Gasteiger partial charge on any atom is -0.493 e. The van der Waals surface area contributed by atoms with Gasteiger partial charge in [-0.15, -0.1) is 0 Å². The zero-order valence-corrected chi connectivity index (χ0v) is 16.3. The topological polar surface area (TPSA) is 65.1 Å². The molecule has 6 heteroatoms. The van der Waals surface area contributed by atoms with Crippen molar-refractivity contribution in [2.75, 3.05) is 33.9 Å². The Bertz CT molecular complexity index is 627. The molecule has 0 aromatic heterocycles. The summed E-state index contributed by atoms with van der Waals surface area (Å²) < 4.78 is 15.5. The largest absolute Gasteiger partial charge is 0.493 e. The number of amides is 1. The van der Waals surface area contributed by atoms with E-state index in [0.717, 1.165) is 12.0 Å². The lowest BCUT2D eigenvalue weighted by Gasteiger charge is -2.23. The van der Waals surface area contributed by atoms with E-state index in [1.54, 1.807) is 25.0 Å². The number of carbonyl (C=O) groups is 2. The van der Waals surface area contributed by atoms with Gasteiger partial charge in [0.05, 0.1) is 26.7 Å². The Kier molecular flexibility index (Phi) is 9.26. The zero-order chi connectivity index (χ0) is 19.5. The van der Waals surface area contributed by atoms with Gasteiger partial charge in [0.15, 0.2) is 11.5 Å². The van der Waals surface area contributed by atoms with E-state index in [2.05, 4.69) is 0 Å². The second-order valence-electron chi connectivity index (χ2n) is 5.89. The lowest BCUT2D eigenvalue weighted by Crippen LogP contribution is -2.36. The van der Waals surface area contributed by atoms with Crippen molar-refractivity contribution in [2.45, 2.75) is 27.2 Å². The van der Waals surface area contributed by atoms with E-state index in [9.17, 15) is 9.59 Å². The predicted molar refractivity (Wildman–Crippen MR) is 101 cm³/mol. The van der Waals surface area contributed by atoms with Gasteiger partial charge in [-0.2, -0.15) is 0 Å². The smallest absolute Gasteiger partial charge is 0.310 e. The summed E-state index contributed by atoms with van der Waals surface area (Å²) in [4.78, 5) is 25.8. The highest BCUT2D eigenvalue weighted by atomic mass is 16.5. The Morgan fingerprint density at radius 3 is 2.50 bits per heavy atom. The average molecular weight is 363 g/mol. The molecule has 0 N–H and O–H groups in total. The fourth-order valence-electron chi connectivity index (χ4n) is 2.50. The van der Waals surface area contributed by atoms with Crippen LogP contribution in [-0.4, -0.2) is 50.7 Å². The van der Waals surface area contributed by atoms with E-state index in [4.69, 9.17) is 14.2 Å². The Morgan fingerprint density at radius 1 is 1.19 bits per heavy atom. The maximum Gasteiger partial charge on any atom is 0.310 e. The number of methoxy groups -OCH3 is 2. The molecule has 1 amide bonds. The molecular weight excluding hydrogens is 334 g/mol. The van der Waals surface area contributed by atoms with Gasteiger partial charge in [0, 0.05) is 19.2 Å². The van der Waals surface area contributed by atoms with Gasteiger partial charge in [-0.3, -0.25) is 9.59 Å². The molecule has 1 rings (SSSR count). The summed E-state index contributed by atoms with van der Waals surface area (Å²) in [5.74, 6) is 0.452. The third kappa shape index (κ3) is 6.43. The first kappa shape index (κ1) is 21.5. The van der Waals surface area contributed by atoms with Gasteiger partial charge >= 0.3 is 5.97 Å². The first-order valence-electron chi connectivity index (χ1n) is 8.82. The molecule has 0 aliphatic rings. The van der Waals surface area contributed by atoms with Gasteiger partial charge in [-0.1, -0.05) is 19.9 Å². The van der Waals surface area contributed by atoms with Gasteiger partial charge in [-0.25, -0.2) is 0 Å². The molecule has 26 heavy (non-hydrogen) atoms. The summed E-state index contributed by atoms with van der Waals surface area (Å²) in [7, 11) is 2.93. The van der Waals surface area contributed by atoms with Gasteiger partial charge in [0.1, 0.15) is 0 Å². The zero-order valence-electron chi connectivity index (χ0n) is 16.3. The SMILES string of the molecule is CCCN(CC(C)C(=O)OC)C(=O)/C=C/c1ccc(OCC)c(OC)c1. The van der Waals surface area contributed by atoms with Crippen LogP contribution in [0.2, 0.25) is 0 Å². The minimum absolute atomic E-state index is 0.143. The van der Waals surface area contributed by atoms with Gasteiger partial charge in [0.2, 0.25) is 5.91 Å². The van der Waals surface area contributed by atoms with Crippen LogP contribution in [0.15, 0.2) is 24.3 Å². The van der Waals surface area contributed by atoms with Crippen LogP contribution in [0.5, 0.6) is 11.5 Å². The predicted octanol–water partition coefficient (Wildman–Crippen LogP) is 3.15. The van der Waals surface area contributed by atoms with E-state index in [-0.39, 0.29) is 17.8 Å². The quantitative estimate of drug-likeness (QED) is 0.472. The van der Waals surface area contributed by atoms with E-state index in [1.807, 2.05) is 32.0 Å². The van der Waals surface area contributed by atoms with Crippen LogP contribution in [0.1, 0.15) is 32.8 Å². The molecule has 0 bridgehead atoms. The normalized spacial score (nSPS) is 11.9. The molecule has 0 aliphatic carbocycles. The van der Waals surface area contributed by atoms with Crippen molar-refractivity contribution in [1.29, 1.82) is 0 Å². The van der Waals surface area contributed by atoms with Crippen LogP contribution in [0.4, 0.5) is 0 Å². The maximum atomic E-state index is 12.5. The molecular formula is C20H29NO5. The molecule has 0 saturated heterocycles. The Morgan fingerprint density at radius 2 is 1.92 bits per heavy atom. The molecule has 1 aromatic carbocycles. The molecule has 1 unspecified atom stereocenters. The van der Waals surface area contributed by atoms with Crippen LogP contribution >= 0.6 is 0 Å². The second-order valence-corrected chi connectivity index (χ2v) is 5.89. The van der Waals surface area contributed by atoms with Crippen molar-refractivity contribution in [3.05, 3.63) is 29.8 Å². The number of benzene rings is 1. The maximum absolute atomic E-state index is 12.5. The monoisotopic (exact) mass is 363 g/mol. The molecule has 0 aliphatic heterocycles. The minimum atomic E-state index is -0.366.